The predicted octanol–water partition coefficient (Wildman–Crippen LogP) is 2.84. The molecule has 3 aromatic heterocycles. The van der Waals surface area contributed by atoms with Crippen LogP contribution in [0.25, 0.3) is 11.4 Å². The molecule has 0 bridgehead atoms. The van der Waals surface area contributed by atoms with E-state index in [4.69, 9.17) is 4.52 Å². The lowest BCUT2D eigenvalue weighted by atomic mass is 10.1. The van der Waals surface area contributed by atoms with Crippen LogP contribution >= 0.6 is 0 Å². The third-order valence-electron chi connectivity index (χ3n) is 5.86. The van der Waals surface area contributed by atoms with Gasteiger partial charge >= 0.3 is 0 Å². The smallest absolute Gasteiger partial charge is 0.241 e. The van der Waals surface area contributed by atoms with E-state index in [1.807, 2.05) is 30.6 Å². The maximum Gasteiger partial charge on any atom is 0.241 e. The van der Waals surface area contributed by atoms with Gasteiger partial charge in [-0.1, -0.05) is 11.2 Å². The number of hydrogen-bond acceptors (Lipinski definition) is 8. The van der Waals surface area contributed by atoms with Crippen molar-refractivity contribution in [2.45, 2.75) is 25.8 Å². The molecule has 0 aromatic carbocycles. The number of rotatable bonds is 5. The van der Waals surface area contributed by atoms with Crippen LogP contribution in [0.1, 0.15) is 25.2 Å². The van der Waals surface area contributed by atoms with Crippen LogP contribution in [-0.2, 0) is 6.54 Å². The number of pyridine rings is 2. The standard InChI is InChI=1S/C22H27N7O/c1-4-10-28(11-5-1)20-8-7-18(16-24-20)22-25-21(30-26-22)17-27-12-14-29(15-13-27)19-6-2-3-9-23-19/h2-3,6-9,16H,1,4-5,10-15,17H2. The minimum atomic E-state index is 0.606. The van der Waals surface area contributed by atoms with Gasteiger partial charge in [0.2, 0.25) is 11.7 Å². The maximum absolute atomic E-state index is 5.51. The van der Waals surface area contributed by atoms with E-state index in [9.17, 15) is 0 Å². The van der Waals surface area contributed by atoms with Gasteiger partial charge in [-0.25, -0.2) is 9.97 Å². The zero-order valence-electron chi connectivity index (χ0n) is 17.2. The van der Waals surface area contributed by atoms with Crippen LogP contribution < -0.4 is 9.80 Å². The summed E-state index contributed by atoms with van der Waals surface area (Å²) in [6.07, 6.45) is 7.50. The molecule has 2 aliphatic heterocycles. The summed E-state index contributed by atoms with van der Waals surface area (Å²) in [5.74, 6) is 3.33. The normalized spacial score (nSPS) is 18.0. The zero-order valence-corrected chi connectivity index (χ0v) is 17.2. The van der Waals surface area contributed by atoms with E-state index in [0.29, 0.717) is 18.3 Å². The minimum Gasteiger partial charge on any atom is -0.357 e. The van der Waals surface area contributed by atoms with E-state index in [1.54, 1.807) is 0 Å². The Morgan fingerprint density at radius 3 is 2.33 bits per heavy atom. The Balaban J connectivity index is 1.17. The van der Waals surface area contributed by atoms with E-state index in [-0.39, 0.29) is 0 Å². The van der Waals surface area contributed by atoms with Crippen molar-refractivity contribution in [3.05, 3.63) is 48.6 Å². The van der Waals surface area contributed by atoms with Gasteiger partial charge in [-0.05, 0) is 43.5 Å². The molecule has 5 heterocycles. The predicted molar refractivity (Wildman–Crippen MR) is 115 cm³/mol. The Kier molecular flexibility index (Phi) is 5.56. The molecule has 0 N–H and O–H groups in total. The van der Waals surface area contributed by atoms with Crippen molar-refractivity contribution in [3.8, 4) is 11.4 Å². The van der Waals surface area contributed by atoms with Gasteiger partial charge in [0.05, 0.1) is 6.54 Å². The third kappa shape index (κ3) is 4.28. The van der Waals surface area contributed by atoms with Gasteiger partial charge in [-0.15, -0.1) is 0 Å². The first-order valence-electron chi connectivity index (χ1n) is 10.8. The number of piperazine rings is 1. The van der Waals surface area contributed by atoms with Crippen LogP contribution in [0.4, 0.5) is 11.6 Å². The molecule has 0 amide bonds. The van der Waals surface area contributed by atoms with Gasteiger partial charge in [-0.3, -0.25) is 4.90 Å². The average Bonchev–Trinajstić information content (AvgIpc) is 3.29. The third-order valence-corrected chi connectivity index (χ3v) is 5.86. The molecular weight excluding hydrogens is 378 g/mol. The summed E-state index contributed by atoms with van der Waals surface area (Å²) < 4.78 is 5.51. The van der Waals surface area contributed by atoms with Crippen molar-refractivity contribution in [1.29, 1.82) is 0 Å². The van der Waals surface area contributed by atoms with Crippen LogP contribution in [0.2, 0.25) is 0 Å². The topological polar surface area (TPSA) is 74.4 Å². The summed E-state index contributed by atoms with van der Waals surface area (Å²) in [6, 6.07) is 10.1. The summed E-state index contributed by atoms with van der Waals surface area (Å²) in [6.45, 7) is 6.63. The largest absolute Gasteiger partial charge is 0.357 e. The molecule has 0 saturated carbocycles. The highest BCUT2D eigenvalue weighted by molar-refractivity contribution is 5.55. The van der Waals surface area contributed by atoms with E-state index < -0.39 is 0 Å². The lowest BCUT2D eigenvalue weighted by molar-refractivity contribution is 0.215. The van der Waals surface area contributed by atoms with E-state index in [1.165, 1.54) is 19.3 Å². The fraction of sp³-hybridized carbons (Fsp3) is 0.455. The molecule has 2 saturated heterocycles. The Hall–Kier alpha value is -3.00. The highest BCUT2D eigenvalue weighted by Gasteiger charge is 2.20. The van der Waals surface area contributed by atoms with Crippen molar-refractivity contribution >= 4 is 11.6 Å². The maximum atomic E-state index is 5.51. The first-order valence-corrected chi connectivity index (χ1v) is 10.8. The van der Waals surface area contributed by atoms with Crippen LogP contribution in [0, 0.1) is 0 Å². The second kappa shape index (κ2) is 8.79. The summed E-state index contributed by atoms with van der Waals surface area (Å²) in [5.41, 5.74) is 0.894. The molecule has 2 fully saturated rings. The lowest BCUT2D eigenvalue weighted by Gasteiger charge is -2.34. The molecule has 3 aromatic rings. The van der Waals surface area contributed by atoms with E-state index in [0.717, 1.165) is 56.5 Å². The van der Waals surface area contributed by atoms with Crippen LogP contribution in [-0.4, -0.2) is 64.3 Å². The van der Waals surface area contributed by atoms with Crippen molar-refractivity contribution in [3.63, 3.8) is 0 Å². The summed E-state index contributed by atoms with van der Waals surface area (Å²) in [5, 5.41) is 4.17. The molecule has 0 spiro atoms. The molecule has 5 rings (SSSR count). The number of piperidine rings is 1. The molecule has 2 aliphatic rings. The monoisotopic (exact) mass is 405 g/mol. The first-order chi connectivity index (χ1) is 14.8. The van der Waals surface area contributed by atoms with Crippen LogP contribution in [0.5, 0.6) is 0 Å². The van der Waals surface area contributed by atoms with E-state index in [2.05, 4.69) is 46.9 Å². The lowest BCUT2D eigenvalue weighted by Crippen LogP contribution is -2.46. The molecule has 156 valence electrons. The number of aromatic nitrogens is 4. The minimum absolute atomic E-state index is 0.606. The molecular formula is C22H27N7O. The second-order valence-corrected chi connectivity index (χ2v) is 7.92. The summed E-state index contributed by atoms with van der Waals surface area (Å²) in [4.78, 5) is 20.7. The Labute approximate surface area is 176 Å². The van der Waals surface area contributed by atoms with Crippen molar-refractivity contribution < 1.29 is 4.52 Å². The van der Waals surface area contributed by atoms with Gasteiger partial charge in [0.25, 0.3) is 0 Å². The molecule has 0 aliphatic carbocycles. The van der Waals surface area contributed by atoms with Crippen molar-refractivity contribution in [1.82, 2.24) is 25.0 Å². The molecule has 0 radical (unpaired) electrons. The number of hydrogen-bond donors (Lipinski definition) is 0. The molecule has 0 unspecified atom stereocenters. The van der Waals surface area contributed by atoms with Crippen LogP contribution in [0.15, 0.2) is 47.2 Å². The Morgan fingerprint density at radius 2 is 1.60 bits per heavy atom. The van der Waals surface area contributed by atoms with Gasteiger partial charge < -0.3 is 14.3 Å². The number of anilines is 2. The Morgan fingerprint density at radius 1 is 0.800 bits per heavy atom. The Bertz CT molecular complexity index is 930. The van der Waals surface area contributed by atoms with Crippen molar-refractivity contribution in [2.75, 3.05) is 49.1 Å². The highest BCUT2D eigenvalue weighted by Crippen LogP contribution is 2.22. The SMILES string of the molecule is c1ccc(N2CCN(Cc3nc(-c4ccc(N5CCCCC5)nc4)no3)CC2)nc1. The number of nitrogens with zero attached hydrogens (tertiary/aromatic N) is 7. The molecule has 8 heteroatoms. The second-order valence-electron chi connectivity index (χ2n) is 7.92. The summed E-state index contributed by atoms with van der Waals surface area (Å²) in [7, 11) is 0. The highest BCUT2D eigenvalue weighted by atomic mass is 16.5. The first kappa shape index (κ1) is 19.0. The average molecular weight is 406 g/mol. The van der Waals surface area contributed by atoms with E-state index >= 15 is 0 Å². The molecule has 30 heavy (non-hydrogen) atoms. The van der Waals surface area contributed by atoms with Gasteiger partial charge in [0.15, 0.2) is 0 Å². The summed E-state index contributed by atoms with van der Waals surface area (Å²) >= 11 is 0. The molecule has 0 atom stereocenters. The molecule has 8 nitrogen and oxygen atoms in total. The fourth-order valence-electron chi connectivity index (χ4n) is 4.13. The zero-order chi connectivity index (χ0) is 20.2. The van der Waals surface area contributed by atoms with Gasteiger partial charge in [-0.2, -0.15) is 4.98 Å². The fourth-order valence-corrected chi connectivity index (χ4v) is 4.13. The van der Waals surface area contributed by atoms with Crippen LogP contribution in [0.3, 0.4) is 0 Å². The van der Waals surface area contributed by atoms with Gasteiger partial charge in [0.1, 0.15) is 11.6 Å². The van der Waals surface area contributed by atoms with Crippen molar-refractivity contribution in [2.24, 2.45) is 0 Å². The van der Waals surface area contributed by atoms with Gasteiger partial charge in [0, 0.05) is 57.2 Å². The quantitative estimate of drug-likeness (QED) is 0.642.